The fourth-order valence-electron chi connectivity index (χ4n) is 2.06. The molecule has 1 aromatic heterocycles. The topological polar surface area (TPSA) is 101 Å². The lowest BCUT2D eigenvalue weighted by atomic mass is 10.2. The van der Waals surface area contributed by atoms with Crippen LogP contribution < -0.4 is 5.43 Å². The van der Waals surface area contributed by atoms with E-state index >= 15 is 0 Å². The van der Waals surface area contributed by atoms with Crippen LogP contribution in [0.1, 0.15) is 5.56 Å². The van der Waals surface area contributed by atoms with Gasteiger partial charge in [-0.15, -0.1) is 0 Å². The third-order valence-electron chi connectivity index (χ3n) is 3.20. The van der Waals surface area contributed by atoms with Gasteiger partial charge in [0.1, 0.15) is 11.6 Å². The molecule has 114 valence electrons. The monoisotopic (exact) mass is 308 g/mol. The Kier molecular flexibility index (Phi) is 3.84. The fourth-order valence-corrected chi connectivity index (χ4v) is 2.06. The van der Waals surface area contributed by atoms with E-state index < -0.39 is 4.92 Å². The highest BCUT2D eigenvalue weighted by Gasteiger charge is 2.08. The minimum atomic E-state index is -0.533. The number of nitro benzene ring substituents is 1. The standard InChI is InChI=1S/C16H12N4O3/c21-15-7-6-13(20(22)23)9-12(15)10-17-19-16-8-5-11-3-1-2-4-14(11)18-16/h1-10,21H,(H,18,19). The molecular formula is C16H12N4O3. The molecule has 7 heteroatoms. The molecule has 3 rings (SSSR count). The molecule has 3 aromatic rings. The van der Waals surface area contributed by atoms with Crippen molar-refractivity contribution in [3.8, 4) is 5.75 Å². The van der Waals surface area contributed by atoms with Crippen LogP contribution in [0.2, 0.25) is 0 Å². The number of aromatic hydroxyl groups is 1. The van der Waals surface area contributed by atoms with Crippen LogP contribution in [-0.4, -0.2) is 21.2 Å². The first-order valence-electron chi connectivity index (χ1n) is 6.76. The number of hydrogen-bond donors (Lipinski definition) is 2. The van der Waals surface area contributed by atoms with Crippen molar-refractivity contribution in [2.75, 3.05) is 5.43 Å². The number of nitrogens with one attached hydrogen (secondary N) is 1. The molecule has 0 saturated carbocycles. The summed E-state index contributed by atoms with van der Waals surface area (Å²) in [5.74, 6) is 0.442. The van der Waals surface area contributed by atoms with E-state index in [4.69, 9.17) is 0 Å². The van der Waals surface area contributed by atoms with Gasteiger partial charge >= 0.3 is 0 Å². The van der Waals surface area contributed by atoms with E-state index in [-0.39, 0.29) is 17.0 Å². The number of phenols is 1. The molecule has 0 amide bonds. The fraction of sp³-hybridized carbons (Fsp3) is 0. The Hall–Kier alpha value is -3.48. The average molecular weight is 308 g/mol. The average Bonchev–Trinajstić information content (AvgIpc) is 2.56. The Morgan fingerprint density at radius 2 is 2.00 bits per heavy atom. The summed E-state index contributed by atoms with van der Waals surface area (Å²) in [7, 11) is 0. The molecule has 0 unspecified atom stereocenters. The Labute approximate surface area is 131 Å². The molecule has 7 nitrogen and oxygen atoms in total. The van der Waals surface area contributed by atoms with Gasteiger partial charge in [-0.3, -0.25) is 15.5 Å². The van der Waals surface area contributed by atoms with Gasteiger partial charge in [0.2, 0.25) is 0 Å². The van der Waals surface area contributed by atoms with Gasteiger partial charge in [0, 0.05) is 23.1 Å². The highest BCUT2D eigenvalue weighted by Crippen LogP contribution is 2.21. The van der Waals surface area contributed by atoms with Gasteiger partial charge < -0.3 is 5.11 Å². The number of rotatable bonds is 4. The van der Waals surface area contributed by atoms with E-state index in [2.05, 4.69) is 15.5 Å². The van der Waals surface area contributed by atoms with Crippen LogP contribution in [0.3, 0.4) is 0 Å². The quantitative estimate of drug-likeness (QED) is 0.437. The van der Waals surface area contributed by atoms with E-state index in [0.29, 0.717) is 5.82 Å². The molecule has 0 spiro atoms. The SMILES string of the molecule is O=[N+]([O-])c1ccc(O)c(C=NNc2ccc3ccccc3n2)c1. The van der Waals surface area contributed by atoms with E-state index in [1.165, 1.54) is 24.4 Å². The van der Waals surface area contributed by atoms with Crippen molar-refractivity contribution >= 4 is 28.6 Å². The van der Waals surface area contributed by atoms with Crippen LogP contribution in [0.15, 0.2) is 59.7 Å². The number of para-hydroxylation sites is 1. The summed E-state index contributed by atoms with van der Waals surface area (Å²) in [6.07, 6.45) is 1.30. The van der Waals surface area contributed by atoms with Crippen molar-refractivity contribution < 1.29 is 10.0 Å². The lowest BCUT2D eigenvalue weighted by molar-refractivity contribution is -0.384. The van der Waals surface area contributed by atoms with Gasteiger partial charge in [-0.1, -0.05) is 18.2 Å². The molecule has 1 heterocycles. The number of non-ortho nitro benzene ring substituents is 1. The minimum absolute atomic E-state index is 0.0902. The molecule has 2 aromatic carbocycles. The second-order valence-electron chi connectivity index (χ2n) is 4.76. The summed E-state index contributed by atoms with van der Waals surface area (Å²) in [4.78, 5) is 14.6. The predicted molar refractivity (Wildman–Crippen MR) is 87.7 cm³/mol. The summed E-state index contributed by atoms with van der Waals surface area (Å²) in [6.45, 7) is 0. The Bertz CT molecular complexity index is 909. The summed E-state index contributed by atoms with van der Waals surface area (Å²) in [6, 6.07) is 15.1. The number of hydrogen-bond acceptors (Lipinski definition) is 6. The molecule has 0 aliphatic heterocycles. The second kappa shape index (κ2) is 6.10. The zero-order valence-corrected chi connectivity index (χ0v) is 11.9. The van der Waals surface area contributed by atoms with Crippen LogP contribution in [0.5, 0.6) is 5.75 Å². The van der Waals surface area contributed by atoms with Crippen LogP contribution in [0.4, 0.5) is 11.5 Å². The zero-order valence-electron chi connectivity index (χ0n) is 11.9. The number of benzene rings is 2. The normalized spacial score (nSPS) is 11.0. The van der Waals surface area contributed by atoms with Gasteiger partial charge in [0.15, 0.2) is 0 Å². The van der Waals surface area contributed by atoms with Gasteiger partial charge in [0.05, 0.1) is 16.7 Å². The van der Waals surface area contributed by atoms with Crippen molar-refractivity contribution in [1.29, 1.82) is 0 Å². The van der Waals surface area contributed by atoms with E-state index in [1.807, 2.05) is 30.3 Å². The van der Waals surface area contributed by atoms with Crippen LogP contribution in [0.25, 0.3) is 10.9 Å². The van der Waals surface area contributed by atoms with Crippen molar-refractivity contribution in [2.45, 2.75) is 0 Å². The number of pyridine rings is 1. The molecule has 23 heavy (non-hydrogen) atoms. The van der Waals surface area contributed by atoms with Crippen LogP contribution in [-0.2, 0) is 0 Å². The predicted octanol–water partition coefficient (Wildman–Crippen LogP) is 3.29. The highest BCUT2D eigenvalue weighted by molar-refractivity contribution is 5.85. The van der Waals surface area contributed by atoms with Crippen molar-refractivity contribution in [1.82, 2.24) is 4.98 Å². The number of anilines is 1. The van der Waals surface area contributed by atoms with E-state index in [9.17, 15) is 15.2 Å². The zero-order chi connectivity index (χ0) is 16.2. The maximum Gasteiger partial charge on any atom is 0.270 e. The Morgan fingerprint density at radius 1 is 1.17 bits per heavy atom. The maximum absolute atomic E-state index is 10.7. The summed E-state index contributed by atoms with van der Waals surface area (Å²) in [5.41, 5.74) is 3.69. The first kappa shape index (κ1) is 14.5. The molecule has 0 atom stereocenters. The van der Waals surface area contributed by atoms with Crippen molar-refractivity contribution in [2.24, 2.45) is 5.10 Å². The third-order valence-corrected chi connectivity index (χ3v) is 3.20. The van der Waals surface area contributed by atoms with Crippen molar-refractivity contribution in [3.63, 3.8) is 0 Å². The Morgan fingerprint density at radius 3 is 2.83 bits per heavy atom. The lowest BCUT2D eigenvalue weighted by Gasteiger charge is -2.02. The van der Waals surface area contributed by atoms with Gasteiger partial charge in [-0.05, 0) is 24.3 Å². The smallest absolute Gasteiger partial charge is 0.270 e. The van der Waals surface area contributed by atoms with Gasteiger partial charge in [-0.25, -0.2) is 4.98 Å². The third kappa shape index (κ3) is 3.24. The summed E-state index contributed by atoms with van der Waals surface area (Å²) < 4.78 is 0. The summed E-state index contributed by atoms with van der Waals surface area (Å²) >= 11 is 0. The second-order valence-corrected chi connectivity index (χ2v) is 4.76. The molecule has 0 aliphatic rings. The van der Waals surface area contributed by atoms with E-state index in [1.54, 1.807) is 6.07 Å². The first-order chi connectivity index (χ1) is 11.1. The van der Waals surface area contributed by atoms with Crippen molar-refractivity contribution in [3.05, 3.63) is 70.3 Å². The number of nitrogens with zero attached hydrogens (tertiary/aromatic N) is 3. The van der Waals surface area contributed by atoms with Gasteiger partial charge in [-0.2, -0.15) is 5.10 Å². The highest BCUT2D eigenvalue weighted by atomic mass is 16.6. The Balaban J connectivity index is 1.80. The molecule has 2 N–H and O–H groups in total. The van der Waals surface area contributed by atoms with Crippen LogP contribution in [0, 0.1) is 10.1 Å². The van der Waals surface area contributed by atoms with E-state index in [0.717, 1.165) is 10.9 Å². The molecule has 0 fully saturated rings. The number of fused-ring (bicyclic) bond motifs is 1. The number of hydrazone groups is 1. The van der Waals surface area contributed by atoms with Crippen LogP contribution >= 0.6 is 0 Å². The number of phenolic OH excluding ortho intramolecular Hbond substituents is 1. The van der Waals surface area contributed by atoms with Gasteiger partial charge in [0.25, 0.3) is 5.69 Å². The molecule has 0 bridgehead atoms. The molecule has 0 aliphatic carbocycles. The largest absolute Gasteiger partial charge is 0.507 e. The number of aromatic nitrogens is 1. The molecule has 0 radical (unpaired) electrons. The number of nitro groups is 1. The molecule has 0 saturated heterocycles. The minimum Gasteiger partial charge on any atom is -0.507 e. The first-order valence-corrected chi connectivity index (χ1v) is 6.76. The maximum atomic E-state index is 10.7. The lowest BCUT2D eigenvalue weighted by Crippen LogP contribution is -1.95. The summed E-state index contributed by atoms with van der Waals surface area (Å²) in [5, 5.41) is 25.4. The molecular weight excluding hydrogens is 296 g/mol.